The SMILES string of the molecule is CCC(COOCc1cccc2c1-c1ccccc1C2=O)CC(CC)COC(=O)c1cccc2c1-c1ccccc1C2=O.CCN(CCOOCc1cccc2c1-c1ccccc1C2=O)CCOC(=O)c1cccc2c1-c1ccccc1C2=O.O=C1c2ccccc2-c2c(COOCCN(CCOOCc3cccc4c3-c3ccccc3C4=O)CCOC(=O)c3cccc4c3-c3ccccc3C4=O)cccc21. The second-order valence-corrected chi connectivity index (χ2v) is 35.4. The van der Waals surface area contributed by atoms with Crippen LogP contribution in [-0.4, -0.2) is 154 Å². The molecule has 0 saturated heterocycles. The van der Waals surface area contributed by atoms with Gasteiger partial charge in [0.25, 0.3) is 0 Å². The van der Waals surface area contributed by atoms with Crippen LogP contribution in [0.25, 0.3) is 77.9 Å². The van der Waals surface area contributed by atoms with Crippen LogP contribution in [-0.2, 0) is 79.7 Å². The van der Waals surface area contributed by atoms with Gasteiger partial charge in [-0.15, -0.1) is 0 Å². The number of benzene rings is 14. The van der Waals surface area contributed by atoms with E-state index in [-0.39, 0.29) is 112 Å². The minimum Gasteiger partial charge on any atom is -0.462 e. The molecule has 0 saturated carbocycles. The Labute approximate surface area is 820 Å². The van der Waals surface area contributed by atoms with Gasteiger partial charge in [-0.2, -0.15) is 0 Å². The number of carbonyl (C=O) groups excluding carboxylic acids is 10. The zero-order valence-corrected chi connectivity index (χ0v) is 78.6. The van der Waals surface area contributed by atoms with Crippen molar-refractivity contribution in [2.75, 3.05) is 85.5 Å². The molecule has 23 heteroatoms. The summed E-state index contributed by atoms with van der Waals surface area (Å²) in [7, 11) is 0. The monoisotopic (exact) mass is 1890 g/mol. The topological polar surface area (TPSA) is 279 Å². The molecule has 0 spiro atoms. The molecule has 7 aliphatic rings. The van der Waals surface area contributed by atoms with Crippen molar-refractivity contribution in [1.82, 2.24) is 9.80 Å². The largest absolute Gasteiger partial charge is 0.462 e. The molecule has 0 radical (unpaired) electrons. The maximum atomic E-state index is 13.4. The molecule has 142 heavy (non-hydrogen) atoms. The predicted molar refractivity (Wildman–Crippen MR) is 532 cm³/mol. The van der Waals surface area contributed by atoms with Crippen molar-refractivity contribution < 1.29 is 101 Å². The number of ether oxygens (including phenoxy) is 3. The van der Waals surface area contributed by atoms with Gasteiger partial charge in [-0.05, 0) is 126 Å². The maximum Gasteiger partial charge on any atom is 0.338 e. The highest BCUT2D eigenvalue weighted by molar-refractivity contribution is 6.28. The Kier molecular flexibility index (Phi) is 29.4. The van der Waals surface area contributed by atoms with Gasteiger partial charge in [-0.1, -0.05) is 313 Å². The number of hydrogen-bond donors (Lipinski definition) is 0. The fourth-order valence-electron chi connectivity index (χ4n) is 20.0. The quantitative estimate of drug-likeness (QED) is 0.0114. The average molecular weight is 1890 g/mol. The zero-order chi connectivity index (χ0) is 97.9. The van der Waals surface area contributed by atoms with Crippen LogP contribution in [0, 0.1) is 11.8 Å². The molecule has 23 nitrogen and oxygen atoms in total. The molecule has 0 amide bonds. The normalized spacial score (nSPS) is 13.2. The van der Waals surface area contributed by atoms with Crippen LogP contribution in [0.1, 0.15) is 205 Å². The van der Waals surface area contributed by atoms with E-state index in [0.29, 0.717) is 152 Å². The highest BCUT2D eigenvalue weighted by Gasteiger charge is 2.38. The Balaban J connectivity index is 0.000000138. The van der Waals surface area contributed by atoms with E-state index in [1.54, 1.807) is 72.8 Å². The highest BCUT2D eigenvalue weighted by Crippen LogP contribution is 2.47. The third kappa shape index (κ3) is 19.4. The summed E-state index contributed by atoms with van der Waals surface area (Å²) in [5, 5.41) is 0. The van der Waals surface area contributed by atoms with Gasteiger partial charge >= 0.3 is 17.9 Å². The molecule has 2 unspecified atom stereocenters. The van der Waals surface area contributed by atoms with E-state index in [9.17, 15) is 47.9 Å². The lowest BCUT2D eigenvalue weighted by molar-refractivity contribution is -0.311. The smallest absolute Gasteiger partial charge is 0.338 e. The number of nitrogens with zero attached hydrogens (tertiary/aromatic N) is 2. The van der Waals surface area contributed by atoms with Gasteiger partial charge in [-0.3, -0.25) is 43.4 Å². The van der Waals surface area contributed by atoms with Gasteiger partial charge in [0.05, 0.1) is 49.7 Å². The number of carbonyl (C=O) groups is 10. The number of hydrogen-bond acceptors (Lipinski definition) is 23. The van der Waals surface area contributed by atoms with Gasteiger partial charge in [0.15, 0.2) is 40.5 Å². The van der Waals surface area contributed by atoms with E-state index in [1.807, 2.05) is 236 Å². The van der Waals surface area contributed by atoms with Crippen LogP contribution >= 0.6 is 0 Å². The van der Waals surface area contributed by atoms with Crippen LogP contribution in [0.5, 0.6) is 0 Å². The van der Waals surface area contributed by atoms with Crippen molar-refractivity contribution >= 4 is 58.4 Å². The Morgan fingerprint density at radius 2 is 0.437 bits per heavy atom. The van der Waals surface area contributed by atoms with Crippen molar-refractivity contribution in [1.29, 1.82) is 0 Å². The maximum absolute atomic E-state index is 13.4. The number of esters is 3. The Bertz CT molecular complexity index is 7200. The minimum atomic E-state index is -0.522. The second kappa shape index (κ2) is 43.7. The molecular formula is C119H100N2O21. The van der Waals surface area contributed by atoms with E-state index in [1.165, 1.54) is 0 Å². The number of ketones is 7. The molecule has 14 aromatic carbocycles. The highest BCUT2D eigenvalue weighted by atomic mass is 17.2. The van der Waals surface area contributed by atoms with Gasteiger partial charge < -0.3 is 14.2 Å². The molecule has 0 bridgehead atoms. The Hall–Kier alpha value is -15.2. The number of rotatable bonds is 39. The van der Waals surface area contributed by atoms with E-state index in [4.69, 9.17) is 53.3 Å². The molecular weight excluding hydrogens is 1790 g/mol. The molecule has 21 rings (SSSR count). The predicted octanol–water partition coefficient (Wildman–Crippen LogP) is 21.7. The molecule has 14 aromatic rings. The lowest BCUT2D eigenvalue weighted by Crippen LogP contribution is -2.34. The summed E-state index contributed by atoms with van der Waals surface area (Å²) in [4.78, 5) is 179. The number of fused-ring (bicyclic) bond motifs is 21. The summed E-state index contributed by atoms with van der Waals surface area (Å²) >= 11 is 0. The molecule has 2 atom stereocenters. The molecule has 0 N–H and O–H groups in total. The van der Waals surface area contributed by atoms with Gasteiger partial charge in [0.1, 0.15) is 39.6 Å². The van der Waals surface area contributed by atoms with Crippen molar-refractivity contribution in [2.45, 2.75) is 66.5 Å². The molecule has 7 aliphatic carbocycles. The molecule has 0 aliphatic heterocycles. The van der Waals surface area contributed by atoms with Crippen molar-refractivity contribution in [2.24, 2.45) is 11.8 Å². The molecule has 712 valence electrons. The van der Waals surface area contributed by atoms with E-state index in [2.05, 4.69) is 18.7 Å². The summed E-state index contributed by atoms with van der Waals surface area (Å²) in [6.45, 7) is 11.7. The fraction of sp³-hybridized carbons (Fsp3) is 0.210. The van der Waals surface area contributed by atoms with Crippen LogP contribution in [0.3, 0.4) is 0 Å². The van der Waals surface area contributed by atoms with E-state index in [0.717, 1.165) is 115 Å². The lowest BCUT2D eigenvalue weighted by atomic mass is 9.92. The summed E-state index contributed by atoms with van der Waals surface area (Å²) in [6, 6.07) is 90.4. The van der Waals surface area contributed by atoms with Crippen LogP contribution in [0.2, 0.25) is 0 Å². The summed E-state index contributed by atoms with van der Waals surface area (Å²) in [5.74, 6) is -1.17. The van der Waals surface area contributed by atoms with Crippen molar-refractivity contribution in [3.8, 4) is 77.9 Å². The molecule has 0 aromatic heterocycles. The standard InChI is InChI=1S/C48H37NO9.C37H34O6.C34H29NO6/c50-45-35-15-4-1-12-32(35)42-30(10-7-18-38(42)45)28-57-55-26-23-49(22-25-54-48(53)41-21-9-20-40-44(41)34-14-3-6-17-37(34)47(40)52)24-27-56-58-29-31-11-8-19-39-43(31)33-13-2-5-16-36(33)46(39)51;1-3-23(20-41-37(40)32-18-10-17-31-34(32)27-13-6-8-15-29(27)36(31)39)19-24(4-2)21-42-43-22-25-11-9-16-30-33(25)26-12-5-7-14-28(26)35(30)38;1-2-35(17-19-39-34(38)29-16-8-15-28-31(29)24-11-4-6-13-26(24)33(28)37)18-20-40-41-21-22-9-7-14-27-30(22)23-10-3-5-12-25(23)32(27)36/h1-21H,22-29H2;5-18,23-24H,3-4,19-22H2,1-2H3;3-16H,2,17-21H2,1H3. The van der Waals surface area contributed by atoms with E-state index < -0.39 is 17.9 Å². The van der Waals surface area contributed by atoms with Crippen molar-refractivity contribution in [3.63, 3.8) is 0 Å². The average Bonchev–Trinajstić information content (AvgIpc) is 1.64. The van der Waals surface area contributed by atoms with E-state index >= 15 is 0 Å². The Morgan fingerprint density at radius 1 is 0.218 bits per heavy atom. The van der Waals surface area contributed by atoms with Crippen LogP contribution < -0.4 is 0 Å². The first-order chi connectivity index (χ1) is 69.6. The first kappa shape index (κ1) is 95.7. The first-order valence-corrected chi connectivity index (χ1v) is 47.9. The van der Waals surface area contributed by atoms with Gasteiger partial charge in [0.2, 0.25) is 0 Å². The Morgan fingerprint density at radius 3 is 0.718 bits per heavy atom. The third-order valence-corrected chi connectivity index (χ3v) is 27.2. The zero-order valence-electron chi connectivity index (χ0n) is 78.6. The summed E-state index contributed by atoms with van der Waals surface area (Å²) in [5.41, 5.74) is 24.8. The fourth-order valence-corrected chi connectivity index (χ4v) is 20.0. The third-order valence-electron chi connectivity index (χ3n) is 27.2. The van der Waals surface area contributed by atoms with Gasteiger partial charge in [0, 0.05) is 127 Å². The second-order valence-electron chi connectivity index (χ2n) is 35.4. The van der Waals surface area contributed by atoms with Crippen LogP contribution in [0.4, 0.5) is 0 Å². The summed E-state index contributed by atoms with van der Waals surface area (Å²) in [6.07, 6.45) is 2.56. The first-order valence-electron chi connectivity index (χ1n) is 47.9. The minimum absolute atomic E-state index is 0.000948. The van der Waals surface area contributed by atoms with Crippen LogP contribution in [0.15, 0.2) is 297 Å². The lowest BCUT2D eigenvalue weighted by Gasteiger charge is -2.22. The van der Waals surface area contributed by atoms with Crippen molar-refractivity contribution in [3.05, 3.63) is 414 Å². The summed E-state index contributed by atoms with van der Waals surface area (Å²) < 4.78 is 17.2. The molecule has 0 heterocycles. The van der Waals surface area contributed by atoms with Gasteiger partial charge in [-0.25, -0.2) is 53.5 Å². The number of likely N-dealkylation sites (N-methyl/N-ethyl adjacent to an activating group) is 1. The molecule has 0 fully saturated rings.